The van der Waals surface area contributed by atoms with Crippen LogP contribution in [-0.4, -0.2) is 86.1 Å². The number of H-pyrrole nitrogens is 4. The number of hydrogen-bond donors (Lipinski definition) is 6. The zero-order chi connectivity index (χ0) is 36.8. The van der Waals surface area contributed by atoms with Crippen LogP contribution in [0.15, 0.2) is 91.3 Å². The molecule has 2 aliphatic heterocycles. The van der Waals surface area contributed by atoms with Crippen LogP contribution >= 0.6 is 0 Å². The minimum atomic E-state index is -0.346. The number of carbonyl (C=O) groups excluding carboxylic acids is 3. The third kappa shape index (κ3) is 6.43. The molecule has 0 aliphatic carbocycles. The fourth-order valence-corrected chi connectivity index (χ4v) is 7.11. The van der Waals surface area contributed by atoms with Crippen LogP contribution in [-0.2, 0) is 13.1 Å². The van der Waals surface area contributed by atoms with Gasteiger partial charge < -0.3 is 25.1 Å². The summed E-state index contributed by atoms with van der Waals surface area (Å²) in [5, 5.41) is 23.3. The highest BCUT2D eigenvalue weighted by Crippen LogP contribution is 2.39. The third-order valence-corrected chi connectivity index (χ3v) is 9.40. The lowest BCUT2D eigenvalue weighted by atomic mass is 9.95. The van der Waals surface area contributed by atoms with E-state index in [0.717, 1.165) is 68.2 Å². The number of carbonyl (C=O) groups is 3. The van der Waals surface area contributed by atoms with E-state index < -0.39 is 0 Å². The summed E-state index contributed by atoms with van der Waals surface area (Å²) in [6, 6.07) is 25.9. The Hall–Kier alpha value is -6.57. The van der Waals surface area contributed by atoms with Gasteiger partial charge in [-0.15, -0.1) is 0 Å². The normalized spacial score (nSPS) is 14.8. The predicted molar refractivity (Wildman–Crippen MR) is 205 cm³/mol. The average Bonchev–Trinajstić information content (AvgIpc) is 3.98. The molecule has 0 saturated carbocycles. The second-order valence-corrected chi connectivity index (χ2v) is 13.9. The van der Waals surface area contributed by atoms with Gasteiger partial charge in [-0.05, 0) is 81.6 Å². The molecule has 10 rings (SSSR count). The first-order chi connectivity index (χ1) is 25.6. The lowest BCUT2D eigenvalue weighted by Gasteiger charge is -2.16. The molecule has 13 heteroatoms. The van der Waals surface area contributed by atoms with Crippen LogP contribution in [0.4, 0.5) is 0 Å². The van der Waals surface area contributed by atoms with Crippen LogP contribution in [0.3, 0.4) is 0 Å². The lowest BCUT2D eigenvalue weighted by molar-refractivity contribution is 0.0878. The summed E-state index contributed by atoms with van der Waals surface area (Å²) in [4.78, 5) is 46.4. The second-order valence-electron chi connectivity index (χ2n) is 13.9. The number of aromatic nitrogens is 6. The Labute approximate surface area is 303 Å². The molecule has 1 atom stereocenters. The fourth-order valence-electron chi connectivity index (χ4n) is 7.11. The van der Waals surface area contributed by atoms with Gasteiger partial charge >= 0.3 is 0 Å². The molecule has 53 heavy (non-hydrogen) atoms. The molecule has 266 valence electrons. The molecular weight excluding hydrogens is 669 g/mol. The van der Waals surface area contributed by atoms with E-state index >= 15 is 0 Å². The predicted octanol–water partition coefficient (Wildman–Crippen LogP) is 5.61. The van der Waals surface area contributed by atoms with Crippen molar-refractivity contribution in [3.8, 4) is 0 Å². The van der Waals surface area contributed by atoms with Crippen LogP contribution in [0.2, 0.25) is 0 Å². The van der Waals surface area contributed by atoms with Crippen LogP contribution in [0.25, 0.3) is 43.6 Å². The molecule has 4 aromatic heterocycles. The van der Waals surface area contributed by atoms with Crippen molar-refractivity contribution in [3.05, 3.63) is 130 Å². The van der Waals surface area contributed by atoms with Crippen molar-refractivity contribution in [1.29, 1.82) is 0 Å². The summed E-state index contributed by atoms with van der Waals surface area (Å²) in [6.07, 6.45) is 3.37. The molecule has 0 spiro atoms. The summed E-state index contributed by atoms with van der Waals surface area (Å²) < 4.78 is 0. The fraction of sp³-hybridized carbons (Fsp3) is 0.175. The van der Waals surface area contributed by atoms with Crippen LogP contribution in [0.1, 0.15) is 59.6 Å². The van der Waals surface area contributed by atoms with Crippen molar-refractivity contribution in [2.75, 3.05) is 28.2 Å². The number of aromatic amines is 4. The van der Waals surface area contributed by atoms with Crippen molar-refractivity contribution in [2.45, 2.75) is 19.1 Å². The van der Waals surface area contributed by atoms with Gasteiger partial charge in [-0.25, -0.2) is 0 Å². The summed E-state index contributed by atoms with van der Waals surface area (Å²) in [5.41, 5.74) is 10.1. The quantitative estimate of drug-likeness (QED) is 0.126. The van der Waals surface area contributed by atoms with Gasteiger partial charge in [0.2, 0.25) is 0 Å². The number of imide groups is 1. The second kappa shape index (κ2) is 13.5. The molecule has 6 heterocycles. The van der Waals surface area contributed by atoms with Crippen molar-refractivity contribution in [1.82, 2.24) is 50.8 Å². The topological polar surface area (TPSA) is 171 Å². The monoisotopic (exact) mass is 706 g/mol. The number of fused-ring (bicyclic) bond motifs is 6. The Balaban J connectivity index is 0.000000125. The molecule has 4 aromatic carbocycles. The largest absolute Gasteiger partial charge is 0.357 e. The highest BCUT2D eigenvalue weighted by atomic mass is 16.2. The van der Waals surface area contributed by atoms with E-state index in [1.807, 2.05) is 38.4 Å². The van der Waals surface area contributed by atoms with E-state index in [4.69, 9.17) is 0 Å². The lowest BCUT2D eigenvalue weighted by Crippen LogP contribution is -2.22. The van der Waals surface area contributed by atoms with Crippen molar-refractivity contribution in [2.24, 2.45) is 0 Å². The minimum absolute atomic E-state index is 0.0332. The molecule has 0 bridgehead atoms. The van der Waals surface area contributed by atoms with E-state index in [0.29, 0.717) is 11.1 Å². The highest BCUT2D eigenvalue weighted by molar-refractivity contribution is 6.23. The van der Waals surface area contributed by atoms with E-state index in [2.05, 4.69) is 107 Å². The SMILES string of the molecule is CN(C)Cc1[nH]c2ccccc2c1C1NC(=O)c2cc3cn[nH]c3cc21.CN(C)Cc1cc2ccccc2[nH]1.O=C1NC(=O)c2cc3[nH]ncc3cc21. The third-order valence-electron chi connectivity index (χ3n) is 9.40. The smallest absolute Gasteiger partial charge is 0.259 e. The van der Waals surface area contributed by atoms with Gasteiger partial charge in [0, 0.05) is 62.8 Å². The molecule has 13 nitrogen and oxygen atoms in total. The maximum Gasteiger partial charge on any atom is 0.259 e. The van der Waals surface area contributed by atoms with Gasteiger partial charge in [-0.2, -0.15) is 10.2 Å². The molecule has 0 radical (unpaired) electrons. The number of benzene rings is 4. The standard InChI is InChI=1S/C20H19N5O.C11H14N2.C9H5N3O2/c1-25(2)10-17-18(12-5-3-4-6-15(12)22-17)19-13-8-16-11(9-21-24-16)7-14(13)20(26)23-19;1-13(2)8-10-7-9-5-3-4-6-11(9)12-10;13-8-5-1-4-3-10-12-7(4)2-6(5)9(14)11-8/h3-9,19,22H,10H2,1-2H3,(H,21,24)(H,23,26);3-7,12H,8H2,1-2H3;1-3H,(H,10,12)(H,11,13,14). The summed E-state index contributed by atoms with van der Waals surface area (Å²) in [6.45, 7) is 1.74. The Morgan fingerprint density at radius 3 is 1.92 bits per heavy atom. The van der Waals surface area contributed by atoms with Crippen LogP contribution in [0.5, 0.6) is 0 Å². The van der Waals surface area contributed by atoms with E-state index in [1.54, 1.807) is 24.5 Å². The first-order valence-electron chi connectivity index (χ1n) is 17.2. The maximum atomic E-state index is 12.6. The van der Waals surface area contributed by atoms with Crippen LogP contribution in [0, 0.1) is 0 Å². The van der Waals surface area contributed by atoms with Gasteiger partial charge in [0.15, 0.2) is 0 Å². The number of amides is 3. The molecule has 2 aliphatic rings. The van der Waals surface area contributed by atoms with Gasteiger partial charge in [-0.1, -0.05) is 36.4 Å². The van der Waals surface area contributed by atoms with E-state index in [9.17, 15) is 14.4 Å². The van der Waals surface area contributed by atoms with Gasteiger partial charge in [0.05, 0.1) is 40.6 Å². The molecule has 8 aromatic rings. The molecule has 3 amide bonds. The van der Waals surface area contributed by atoms with E-state index in [-0.39, 0.29) is 23.8 Å². The van der Waals surface area contributed by atoms with Crippen molar-refractivity contribution >= 4 is 61.3 Å². The Morgan fingerprint density at radius 2 is 1.23 bits per heavy atom. The molecular formula is C40H38N10O3. The van der Waals surface area contributed by atoms with Crippen LogP contribution < -0.4 is 10.6 Å². The minimum Gasteiger partial charge on any atom is -0.357 e. The molecule has 0 saturated heterocycles. The number of hydrogen-bond acceptors (Lipinski definition) is 7. The number of para-hydroxylation sites is 2. The summed E-state index contributed by atoms with van der Waals surface area (Å²) in [5.74, 6) is -0.719. The van der Waals surface area contributed by atoms with Gasteiger partial charge in [0.1, 0.15) is 0 Å². The number of rotatable bonds is 5. The zero-order valence-electron chi connectivity index (χ0n) is 29.7. The van der Waals surface area contributed by atoms with Gasteiger partial charge in [-0.3, -0.25) is 29.9 Å². The summed E-state index contributed by atoms with van der Waals surface area (Å²) in [7, 11) is 8.24. The number of nitrogens with one attached hydrogen (secondary N) is 6. The highest BCUT2D eigenvalue weighted by Gasteiger charge is 2.34. The van der Waals surface area contributed by atoms with Crippen molar-refractivity contribution < 1.29 is 14.4 Å². The number of nitrogens with zero attached hydrogens (tertiary/aromatic N) is 4. The Kier molecular flexibility index (Phi) is 8.57. The van der Waals surface area contributed by atoms with E-state index in [1.165, 1.54) is 16.6 Å². The molecule has 1 unspecified atom stereocenters. The first kappa shape index (κ1) is 33.6. The van der Waals surface area contributed by atoms with Gasteiger partial charge in [0.25, 0.3) is 17.7 Å². The zero-order valence-corrected chi connectivity index (χ0v) is 29.7. The molecule has 6 N–H and O–H groups in total. The average molecular weight is 707 g/mol. The van der Waals surface area contributed by atoms with Crippen molar-refractivity contribution in [3.63, 3.8) is 0 Å². The Morgan fingerprint density at radius 1 is 0.604 bits per heavy atom. The first-order valence-corrected chi connectivity index (χ1v) is 17.2. The molecule has 0 fully saturated rings. The Bertz CT molecular complexity index is 2600. The summed E-state index contributed by atoms with van der Waals surface area (Å²) >= 11 is 0. The maximum absolute atomic E-state index is 12.6.